The molecular formula is C13H17F2NO. The average Bonchev–Trinajstić information content (AvgIpc) is 2.52. The van der Waals surface area contributed by atoms with Crippen LogP contribution in [0.25, 0.3) is 0 Å². The fraction of sp³-hybridized carbons (Fsp3) is 0.538. The maximum atomic E-state index is 13.1. The van der Waals surface area contributed by atoms with Gasteiger partial charge < -0.3 is 9.64 Å². The van der Waals surface area contributed by atoms with E-state index in [-0.39, 0.29) is 6.10 Å². The molecule has 0 radical (unpaired) electrons. The Morgan fingerprint density at radius 1 is 1.24 bits per heavy atom. The van der Waals surface area contributed by atoms with E-state index in [1.165, 1.54) is 12.1 Å². The van der Waals surface area contributed by atoms with Gasteiger partial charge in [-0.25, -0.2) is 8.78 Å². The van der Waals surface area contributed by atoms with Crippen molar-refractivity contribution >= 4 is 0 Å². The molecule has 0 aliphatic carbocycles. The summed E-state index contributed by atoms with van der Waals surface area (Å²) >= 11 is 0. The van der Waals surface area contributed by atoms with Crippen molar-refractivity contribution in [2.75, 3.05) is 26.2 Å². The van der Waals surface area contributed by atoms with Gasteiger partial charge in [-0.1, -0.05) is 6.92 Å². The molecule has 1 atom stereocenters. The second-order valence-electron chi connectivity index (χ2n) is 4.29. The van der Waals surface area contributed by atoms with Gasteiger partial charge in [-0.3, -0.25) is 0 Å². The van der Waals surface area contributed by atoms with Crippen molar-refractivity contribution in [3.8, 4) is 0 Å². The number of benzene rings is 1. The Bertz CT molecular complexity index is 363. The van der Waals surface area contributed by atoms with E-state index in [0.717, 1.165) is 32.1 Å². The molecule has 1 fully saturated rings. The zero-order valence-corrected chi connectivity index (χ0v) is 9.96. The first-order valence-electron chi connectivity index (χ1n) is 5.99. The Kier molecular flexibility index (Phi) is 4.07. The Labute approximate surface area is 100 Å². The van der Waals surface area contributed by atoms with E-state index in [0.29, 0.717) is 12.2 Å². The molecule has 2 rings (SSSR count). The van der Waals surface area contributed by atoms with E-state index < -0.39 is 11.6 Å². The molecule has 0 N–H and O–H groups in total. The highest BCUT2D eigenvalue weighted by molar-refractivity contribution is 5.20. The van der Waals surface area contributed by atoms with Crippen molar-refractivity contribution in [1.82, 2.24) is 4.90 Å². The van der Waals surface area contributed by atoms with Crippen LogP contribution >= 0.6 is 0 Å². The number of halogens is 2. The molecular weight excluding hydrogens is 224 g/mol. The molecule has 1 unspecified atom stereocenters. The van der Waals surface area contributed by atoms with Crippen LogP contribution in [0.3, 0.4) is 0 Å². The van der Waals surface area contributed by atoms with Crippen molar-refractivity contribution in [1.29, 1.82) is 0 Å². The minimum absolute atomic E-state index is 0.197. The zero-order chi connectivity index (χ0) is 12.3. The lowest BCUT2D eigenvalue weighted by Crippen LogP contribution is -2.25. The minimum Gasteiger partial charge on any atom is -0.372 e. The average molecular weight is 241 g/mol. The van der Waals surface area contributed by atoms with Gasteiger partial charge in [0.25, 0.3) is 0 Å². The van der Waals surface area contributed by atoms with E-state index in [9.17, 15) is 8.78 Å². The fourth-order valence-electron chi connectivity index (χ4n) is 2.16. The van der Waals surface area contributed by atoms with Gasteiger partial charge in [0.2, 0.25) is 0 Å². The van der Waals surface area contributed by atoms with E-state index in [4.69, 9.17) is 4.74 Å². The molecule has 0 bridgehead atoms. The molecule has 1 aliphatic heterocycles. The summed E-state index contributed by atoms with van der Waals surface area (Å²) < 4.78 is 31.9. The Balaban J connectivity index is 2.11. The predicted octanol–water partition coefficient (Wildman–Crippen LogP) is 2.75. The molecule has 4 heteroatoms. The topological polar surface area (TPSA) is 12.5 Å². The molecule has 0 aromatic heterocycles. The molecule has 94 valence electrons. The first-order chi connectivity index (χ1) is 8.19. The standard InChI is InChI=1S/C13H17F2NO/c1-2-16-4-3-13(17-6-5-16)10-7-11(14)9-12(15)8-10/h7-9,13H,2-6H2,1H3. The SMILES string of the molecule is CCN1CCOC(c2cc(F)cc(F)c2)CC1. The third-order valence-corrected chi connectivity index (χ3v) is 3.14. The van der Waals surface area contributed by atoms with Crippen LogP contribution in [-0.2, 0) is 4.74 Å². The van der Waals surface area contributed by atoms with Crippen LogP contribution in [0.2, 0.25) is 0 Å². The maximum Gasteiger partial charge on any atom is 0.126 e. The molecule has 1 aromatic rings. The lowest BCUT2D eigenvalue weighted by Gasteiger charge is -2.16. The van der Waals surface area contributed by atoms with Crippen LogP contribution in [-0.4, -0.2) is 31.1 Å². The van der Waals surface area contributed by atoms with Gasteiger partial charge in [0, 0.05) is 19.2 Å². The Morgan fingerprint density at radius 2 is 1.94 bits per heavy atom. The lowest BCUT2D eigenvalue weighted by atomic mass is 10.1. The summed E-state index contributed by atoms with van der Waals surface area (Å²) in [6.07, 6.45) is 0.577. The van der Waals surface area contributed by atoms with Crippen LogP contribution in [0.1, 0.15) is 25.0 Å². The van der Waals surface area contributed by atoms with Gasteiger partial charge >= 0.3 is 0 Å². The highest BCUT2D eigenvalue weighted by atomic mass is 19.1. The quantitative estimate of drug-likeness (QED) is 0.789. The van der Waals surface area contributed by atoms with Crippen molar-refractivity contribution in [2.45, 2.75) is 19.4 Å². The molecule has 1 aromatic carbocycles. The summed E-state index contributed by atoms with van der Waals surface area (Å²) in [5.41, 5.74) is 0.598. The van der Waals surface area contributed by atoms with Crippen molar-refractivity contribution in [2.24, 2.45) is 0 Å². The largest absolute Gasteiger partial charge is 0.372 e. The highest BCUT2D eigenvalue weighted by Gasteiger charge is 2.19. The summed E-state index contributed by atoms with van der Waals surface area (Å²) in [7, 11) is 0. The smallest absolute Gasteiger partial charge is 0.126 e. The molecule has 2 nitrogen and oxygen atoms in total. The monoisotopic (exact) mass is 241 g/mol. The van der Waals surface area contributed by atoms with Crippen molar-refractivity contribution in [3.63, 3.8) is 0 Å². The van der Waals surface area contributed by atoms with Crippen LogP contribution in [0.4, 0.5) is 8.78 Å². The van der Waals surface area contributed by atoms with Crippen LogP contribution in [0.5, 0.6) is 0 Å². The molecule has 17 heavy (non-hydrogen) atoms. The van der Waals surface area contributed by atoms with Gasteiger partial charge in [-0.05, 0) is 30.7 Å². The summed E-state index contributed by atoms with van der Waals surface area (Å²) in [5, 5.41) is 0. The first kappa shape index (κ1) is 12.5. The molecule has 0 saturated carbocycles. The van der Waals surface area contributed by atoms with Crippen molar-refractivity contribution < 1.29 is 13.5 Å². The van der Waals surface area contributed by atoms with Crippen LogP contribution in [0.15, 0.2) is 18.2 Å². The second-order valence-corrected chi connectivity index (χ2v) is 4.29. The molecule has 1 saturated heterocycles. The summed E-state index contributed by atoms with van der Waals surface area (Å²) in [6, 6.07) is 3.60. The number of rotatable bonds is 2. The van der Waals surface area contributed by atoms with Gasteiger partial charge in [0.15, 0.2) is 0 Å². The number of hydrogen-bond acceptors (Lipinski definition) is 2. The Hall–Kier alpha value is -1.00. The van der Waals surface area contributed by atoms with Crippen LogP contribution < -0.4 is 0 Å². The van der Waals surface area contributed by atoms with Crippen LogP contribution in [0, 0.1) is 11.6 Å². The fourth-order valence-corrected chi connectivity index (χ4v) is 2.16. The highest BCUT2D eigenvalue weighted by Crippen LogP contribution is 2.25. The van der Waals surface area contributed by atoms with Gasteiger partial charge in [-0.2, -0.15) is 0 Å². The zero-order valence-electron chi connectivity index (χ0n) is 9.96. The number of hydrogen-bond donors (Lipinski definition) is 0. The second kappa shape index (κ2) is 5.56. The molecule has 1 heterocycles. The third-order valence-electron chi connectivity index (χ3n) is 3.14. The summed E-state index contributed by atoms with van der Waals surface area (Å²) in [4.78, 5) is 2.27. The van der Waals surface area contributed by atoms with Gasteiger partial charge in [-0.15, -0.1) is 0 Å². The third kappa shape index (κ3) is 3.23. The van der Waals surface area contributed by atoms with Gasteiger partial charge in [0.05, 0.1) is 12.7 Å². The lowest BCUT2D eigenvalue weighted by molar-refractivity contribution is 0.0615. The maximum absolute atomic E-state index is 13.1. The number of likely N-dealkylation sites (N-methyl/N-ethyl adjacent to an activating group) is 1. The predicted molar refractivity (Wildman–Crippen MR) is 61.8 cm³/mol. The molecule has 1 aliphatic rings. The molecule has 0 amide bonds. The summed E-state index contributed by atoms with van der Waals surface area (Å²) in [6.45, 7) is 5.47. The first-order valence-corrected chi connectivity index (χ1v) is 5.99. The normalized spacial score (nSPS) is 22.4. The van der Waals surface area contributed by atoms with E-state index in [1.54, 1.807) is 0 Å². The van der Waals surface area contributed by atoms with Crippen molar-refractivity contribution in [3.05, 3.63) is 35.4 Å². The minimum atomic E-state index is -0.541. The number of nitrogens with zero attached hydrogens (tertiary/aromatic N) is 1. The Morgan fingerprint density at radius 3 is 2.59 bits per heavy atom. The van der Waals surface area contributed by atoms with E-state index >= 15 is 0 Å². The molecule has 0 spiro atoms. The van der Waals surface area contributed by atoms with Gasteiger partial charge in [0.1, 0.15) is 11.6 Å². The van der Waals surface area contributed by atoms with E-state index in [1.807, 2.05) is 0 Å². The number of ether oxygens (including phenoxy) is 1. The summed E-state index contributed by atoms with van der Waals surface area (Å²) in [5.74, 6) is -1.08. The van der Waals surface area contributed by atoms with E-state index in [2.05, 4.69) is 11.8 Å².